The topological polar surface area (TPSA) is 58.4 Å². The third-order valence-electron chi connectivity index (χ3n) is 3.37. The fourth-order valence-electron chi connectivity index (χ4n) is 2.23. The Morgan fingerprint density at radius 2 is 2.05 bits per heavy atom. The lowest BCUT2D eigenvalue weighted by atomic mass is 10.2. The average molecular weight is 295 g/mol. The van der Waals surface area contributed by atoms with E-state index < -0.39 is 0 Å². The molecule has 0 fully saturated rings. The Morgan fingerprint density at radius 3 is 2.65 bits per heavy atom. The van der Waals surface area contributed by atoms with Crippen molar-refractivity contribution in [2.24, 2.45) is 0 Å². The van der Waals surface area contributed by atoms with Gasteiger partial charge in [0.15, 0.2) is 0 Å². The molecule has 0 saturated heterocycles. The highest BCUT2D eigenvalue weighted by molar-refractivity contribution is 7.18. The highest BCUT2D eigenvalue weighted by Gasteiger charge is 2.16. The number of rotatable bonds is 5. The molecule has 0 bridgehead atoms. The van der Waals surface area contributed by atoms with Crippen LogP contribution in [0.2, 0.25) is 0 Å². The molecular weight excluding hydrogens is 274 g/mol. The Hall–Kier alpha value is -1.24. The van der Waals surface area contributed by atoms with Crippen molar-refractivity contribution in [3.63, 3.8) is 0 Å². The lowest BCUT2D eigenvalue weighted by Crippen LogP contribution is -2.28. The van der Waals surface area contributed by atoms with Gasteiger partial charge in [-0.25, -0.2) is 4.98 Å². The second kappa shape index (κ2) is 6.03. The molecule has 0 amide bonds. The molecule has 0 aliphatic heterocycles. The molecule has 0 aromatic carbocycles. The maximum Gasteiger partial charge on any atom is 0.262 e. The fourth-order valence-corrected chi connectivity index (χ4v) is 3.27. The van der Waals surface area contributed by atoms with Gasteiger partial charge in [-0.3, -0.25) is 9.36 Å². The number of aliphatic hydroxyl groups excluding tert-OH is 1. The van der Waals surface area contributed by atoms with Gasteiger partial charge in [-0.05, 0) is 39.9 Å². The fraction of sp³-hybridized carbons (Fsp3) is 0.571. The molecule has 2 aromatic rings. The Kier molecular flexibility index (Phi) is 4.57. The molecule has 0 atom stereocenters. The van der Waals surface area contributed by atoms with Gasteiger partial charge in [-0.15, -0.1) is 11.3 Å². The van der Waals surface area contributed by atoms with E-state index in [1.807, 2.05) is 32.8 Å². The summed E-state index contributed by atoms with van der Waals surface area (Å²) < 4.78 is 1.71. The predicted molar refractivity (Wildman–Crippen MR) is 82.4 cm³/mol. The van der Waals surface area contributed by atoms with Crippen molar-refractivity contribution in [2.75, 3.05) is 20.7 Å². The van der Waals surface area contributed by atoms with Crippen LogP contribution < -0.4 is 5.56 Å². The zero-order valence-corrected chi connectivity index (χ0v) is 13.3. The summed E-state index contributed by atoms with van der Waals surface area (Å²) in [5, 5.41) is 9.75. The summed E-state index contributed by atoms with van der Waals surface area (Å²) in [6, 6.07) is 0. The number of aromatic nitrogens is 2. The van der Waals surface area contributed by atoms with Gasteiger partial charge in [0.1, 0.15) is 10.7 Å². The summed E-state index contributed by atoms with van der Waals surface area (Å²) in [5.74, 6) is 0.766. The van der Waals surface area contributed by atoms with Gasteiger partial charge in [-0.2, -0.15) is 0 Å². The summed E-state index contributed by atoms with van der Waals surface area (Å²) in [6.45, 7) is 5.19. The predicted octanol–water partition coefficient (Wildman–Crippen LogP) is 1.52. The van der Waals surface area contributed by atoms with E-state index in [4.69, 9.17) is 5.11 Å². The quantitative estimate of drug-likeness (QED) is 0.908. The first-order chi connectivity index (χ1) is 9.45. The molecule has 1 N–H and O–H groups in total. The van der Waals surface area contributed by atoms with Crippen LogP contribution in [0, 0.1) is 13.8 Å². The Morgan fingerprint density at radius 1 is 1.35 bits per heavy atom. The summed E-state index contributed by atoms with van der Waals surface area (Å²) in [7, 11) is 3.91. The number of fused-ring (bicyclic) bond motifs is 1. The van der Waals surface area contributed by atoms with Gasteiger partial charge in [0, 0.05) is 18.0 Å². The zero-order chi connectivity index (χ0) is 14.9. The maximum atomic E-state index is 12.7. The van der Waals surface area contributed by atoms with Crippen molar-refractivity contribution in [3.05, 3.63) is 26.6 Å². The molecule has 6 heteroatoms. The van der Waals surface area contributed by atoms with Crippen LogP contribution in [0.15, 0.2) is 4.79 Å². The first-order valence-corrected chi connectivity index (χ1v) is 7.52. The number of nitrogens with zero attached hydrogens (tertiary/aromatic N) is 3. The van der Waals surface area contributed by atoms with Crippen molar-refractivity contribution in [2.45, 2.75) is 33.4 Å². The average Bonchev–Trinajstić information content (AvgIpc) is 2.64. The van der Waals surface area contributed by atoms with Gasteiger partial charge >= 0.3 is 0 Å². The highest BCUT2D eigenvalue weighted by atomic mass is 32.1. The molecule has 5 nitrogen and oxygen atoms in total. The number of hydrogen-bond acceptors (Lipinski definition) is 5. The molecule has 2 heterocycles. The number of hydrogen-bond donors (Lipinski definition) is 1. The van der Waals surface area contributed by atoms with Gasteiger partial charge in [0.05, 0.1) is 11.9 Å². The number of aryl methyl sites for hydroxylation is 2. The molecular formula is C14H21N3O2S. The van der Waals surface area contributed by atoms with E-state index in [2.05, 4.69) is 4.98 Å². The van der Waals surface area contributed by atoms with Gasteiger partial charge < -0.3 is 10.0 Å². The first kappa shape index (κ1) is 15.2. The molecule has 2 aromatic heterocycles. The van der Waals surface area contributed by atoms with Crippen LogP contribution in [0.1, 0.15) is 22.7 Å². The molecule has 0 unspecified atom stereocenters. The monoisotopic (exact) mass is 295 g/mol. The van der Waals surface area contributed by atoms with Crippen LogP contribution in [-0.4, -0.2) is 40.3 Å². The summed E-state index contributed by atoms with van der Waals surface area (Å²) in [6.07, 6.45) is 0.565. The minimum absolute atomic E-state index is 0.0159. The Bertz CT molecular complexity index is 673. The van der Waals surface area contributed by atoms with E-state index in [1.54, 1.807) is 15.9 Å². The van der Waals surface area contributed by atoms with Crippen molar-refractivity contribution in [3.8, 4) is 0 Å². The van der Waals surface area contributed by atoms with E-state index in [9.17, 15) is 4.79 Å². The minimum atomic E-state index is 0.0159. The van der Waals surface area contributed by atoms with Gasteiger partial charge in [0.25, 0.3) is 5.56 Å². The van der Waals surface area contributed by atoms with Gasteiger partial charge in [0.2, 0.25) is 0 Å². The third kappa shape index (κ3) is 2.77. The first-order valence-electron chi connectivity index (χ1n) is 6.70. The van der Waals surface area contributed by atoms with Crippen molar-refractivity contribution in [1.29, 1.82) is 0 Å². The van der Waals surface area contributed by atoms with Crippen molar-refractivity contribution >= 4 is 21.6 Å². The van der Waals surface area contributed by atoms with Crippen molar-refractivity contribution < 1.29 is 5.11 Å². The van der Waals surface area contributed by atoms with Gasteiger partial charge in [-0.1, -0.05) is 0 Å². The van der Waals surface area contributed by atoms with E-state index >= 15 is 0 Å². The largest absolute Gasteiger partial charge is 0.396 e. The van der Waals surface area contributed by atoms with E-state index in [-0.39, 0.29) is 12.2 Å². The van der Waals surface area contributed by atoms with Crippen LogP contribution in [0.5, 0.6) is 0 Å². The molecule has 0 spiro atoms. The molecule has 0 radical (unpaired) electrons. The molecule has 2 rings (SSSR count). The van der Waals surface area contributed by atoms with Crippen LogP contribution in [-0.2, 0) is 13.1 Å². The SMILES string of the molecule is Cc1sc2nc(CN(C)C)n(CCCO)c(=O)c2c1C. The van der Waals surface area contributed by atoms with Crippen LogP contribution >= 0.6 is 11.3 Å². The minimum Gasteiger partial charge on any atom is -0.396 e. The number of thiophene rings is 1. The van der Waals surface area contributed by atoms with E-state index in [0.717, 1.165) is 26.5 Å². The number of aliphatic hydroxyl groups is 1. The second-order valence-corrected chi connectivity index (χ2v) is 6.47. The summed E-state index contributed by atoms with van der Waals surface area (Å²) in [5.41, 5.74) is 1.04. The molecule has 20 heavy (non-hydrogen) atoms. The molecule has 110 valence electrons. The summed E-state index contributed by atoms with van der Waals surface area (Å²) >= 11 is 1.57. The lowest BCUT2D eigenvalue weighted by Gasteiger charge is -2.15. The standard InChI is InChI=1S/C14H21N3O2S/c1-9-10(2)20-13-12(9)14(19)17(6-5-7-18)11(15-13)8-16(3)4/h18H,5-8H2,1-4H3. The normalized spacial score (nSPS) is 11.7. The van der Waals surface area contributed by atoms with E-state index in [0.29, 0.717) is 19.5 Å². The Balaban J connectivity index is 2.66. The van der Waals surface area contributed by atoms with Crippen molar-refractivity contribution in [1.82, 2.24) is 14.5 Å². The Labute approximate surface area is 122 Å². The lowest BCUT2D eigenvalue weighted by molar-refractivity contribution is 0.276. The molecule has 0 aliphatic carbocycles. The zero-order valence-electron chi connectivity index (χ0n) is 12.4. The highest BCUT2D eigenvalue weighted by Crippen LogP contribution is 2.26. The molecule has 0 saturated carbocycles. The third-order valence-corrected chi connectivity index (χ3v) is 4.47. The van der Waals surface area contributed by atoms with E-state index in [1.165, 1.54) is 0 Å². The van der Waals surface area contributed by atoms with Crippen LogP contribution in [0.3, 0.4) is 0 Å². The van der Waals surface area contributed by atoms with Crippen LogP contribution in [0.25, 0.3) is 10.2 Å². The van der Waals surface area contributed by atoms with Crippen LogP contribution in [0.4, 0.5) is 0 Å². The summed E-state index contributed by atoms with van der Waals surface area (Å²) in [4.78, 5) is 21.3. The molecule has 0 aliphatic rings. The second-order valence-electron chi connectivity index (χ2n) is 5.26. The maximum absolute atomic E-state index is 12.7. The smallest absolute Gasteiger partial charge is 0.262 e.